The fourth-order valence-electron chi connectivity index (χ4n) is 3.96. The van der Waals surface area contributed by atoms with Crippen LogP contribution in [0.1, 0.15) is 38.2 Å². The summed E-state index contributed by atoms with van der Waals surface area (Å²) in [5.41, 5.74) is 6.44. The fraction of sp³-hybridized carbons (Fsp3) is 0.550. The number of rotatable bonds is 4. The van der Waals surface area contributed by atoms with Gasteiger partial charge in [0.1, 0.15) is 17.3 Å². The molecule has 148 valence electrons. The first-order chi connectivity index (χ1) is 12.8. The zero-order valence-electron chi connectivity index (χ0n) is 16.2. The summed E-state index contributed by atoms with van der Waals surface area (Å²) in [6, 6.07) is 4.42. The fourth-order valence-corrected chi connectivity index (χ4v) is 3.96. The molecule has 0 bridgehead atoms. The third-order valence-corrected chi connectivity index (χ3v) is 5.59. The van der Waals surface area contributed by atoms with Crippen LogP contribution in [0.15, 0.2) is 35.1 Å². The monoisotopic (exact) mass is 377 g/mol. The molecule has 1 aliphatic heterocycles. The highest BCUT2D eigenvalue weighted by Crippen LogP contribution is 2.35. The van der Waals surface area contributed by atoms with Crippen LogP contribution in [0.5, 0.6) is 0 Å². The van der Waals surface area contributed by atoms with Crippen molar-refractivity contribution in [1.29, 1.82) is 0 Å². The number of benzene rings is 1. The highest BCUT2D eigenvalue weighted by molar-refractivity contribution is 5.94. The van der Waals surface area contributed by atoms with Crippen LogP contribution in [-0.2, 0) is 6.54 Å². The average Bonchev–Trinajstić information content (AvgIpc) is 2.62. The molecular formula is C20H29F2N5. The third-order valence-electron chi connectivity index (χ3n) is 5.59. The number of hydrogen-bond acceptors (Lipinski definition) is 5. The predicted molar refractivity (Wildman–Crippen MR) is 104 cm³/mol. The normalized spacial score (nSPS) is 28.2. The van der Waals surface area contributed by atoms with Gasteiger partial charge in [-0.15, -0.1) is 0 Å². The van der Waals surface area contributed by atoms with Gasteiger partial charge in [-0.25, -0.2) is 13.8 Å². The Hall–Kier alpha value is -2.15. The van der Waals surface area contributed by atoms with E-state index in [0.29, 0.717) is 24.3 Å². The highest BCUT2D eigenvalue weighted by atomic mass is 19.2. The summed E-state index contributed by atoms with van der Waals surface area (Å²) in [5, 5.41) is 6.83. The molecule has 0 aromatic heterocycles. The number of amidine groups is 1. The highest BCUT2D eigenvalue weighted by Gasteiger charge is 2.38. The Morgan fingerprint density at radius 1 is 1.22 bits per heavy atom. The van der Waals surface area contributed by atoms with E-state index in [1.807, 2.05) is 25.1 Å². The van der Waals surface area contributed by atoms with Gasteiger partial charge in [0, 0.05) is 38.7 Å². The lowest BCUT2D eigenvalue weighted by Gasteiger charge is -2.42. The molecule has 2 aliphatic rings. The van der Waals surface area contributed by atoms with E-state index in [9.17, 15) is 8.78 Å². The van der Waals surface area contributed by atoms with Crippen molar-refractivity contribution >= 4 is 5.84 Å². The molecule has 1 saturated carbocycles. The topological polar surface area (TPSA) is 65.7 Å². The van der Waals surface area contributed by atoms with Gasteiger partial charge in [0.25, 0.3) is 0 Å². The van der Waals surface area contributed by atoms with E-state index in [4.69, 9.17) is 10.7 Å². The summed E-state index contributed by atoms with van der Waals surface area (Å²) in [7, 11) is 3.93. The molecule has 0 radical (unpaired) electrons. The van der Waals surface area contributed by atoms with Crippen molar-refractivity contribution in [3.05, 3.63) is 47.3 Å². The molecule has 5 nitrogen and oxygen atoms in total. The summed E-state index contributed by atoms with van der Waals surface area (Å²) in [6.07, 6.45) is 5.94. The summed E-state index contributed by atoms with van der Waals surface area (Å²) < 4.78 is 26.4. The molecule has 1 aliphatic carbocycles. The number of likely N-dealkylation sites (N-methyl/N-ethyl adjacent to an activating group) is 1. The molecule has 0 spiro atoms. The van der Waals surface area contributed by atoms with Crippen LogP contribution in [0, 0.1) is 17.6 Å². The van der Waals surface area contributed by atoms with Gasteiger partial charge in [-0.05, 0) is 50.3 Å². The lowest BCUT2D eigenvalue weighted by Crippen LogP contribution is -2.53. The Balaban J connectivity index is 1.55. The van der Waals surface area contributed by atoms with E-state index in [0.717, 1.165) is 37.1 Å². The van der Waals surface area contributed by atoms with E-state index in [-0.39, 0.29) is 0 Å². The first-order valence-corrected chi connectivity index (χ1v) is 9.46. The molecule has 0 amide bonds. The van der Waals surface area contributed by atoms with Crippen molar-refractivity contribution in [1.82, 2.24) is 15.5 Å². The van der Waals surface area contributed by atoms with Crippen LogP contribution in [-0.4, -0.2) is 36.5 Å². The van der Waals surface area contributed by atoms with E-state index >= 15 is 0 Å². The lowest BCUT2D eigenvalue weighted by atomic mass is 9.78. The maximum Gasteiger partial charge on any atom is 0.159 e. The number of aliphatic imine (C=N–C) groups is 1. The molecule has 3 rings (SSSR count). The first-order valence-electron chi connectivity index (χ1n) is 9.46. The Bertz CT molecular complexity index is 738. The van der Waals surface area contributed by atoms with E-state index in [1.54, 1.807) is 6.07 Å². The second-order valence-corrected chi connectivity index (χ2v) is 7.91. The zero-order chi connectivity index (χ0) is 19.6. The Kier molecular flexibility index (Phi) is 5.69. The maximum atomic E-state index is 13.3. The van der Waals surface area contributed by atoms with Gasteiger partial charge in [-0.2, -0.15) is 0 Å². The summed E-state index contributed by atoms with van der Waals surface area (Å²) in [5.74, 6) is 0.316. The number of nitrogens with one attached hydrogen (secondary N) is 2. The Morgan fingerprint density at radius 2 is 1.93 bits per heavy atom. The maximum absolute atomic E-state index is 13.3. The van der Waals surface area contributed by atoms with Gasteiger partial charge in [0.2, 0.25) is 0 Å². The van der Waals surface area contributed by atoms with Crippen LogP contribution in [0.2, 0.25) is 0 Å². The van der Waals surface area contributed by atoms with Gasteiger partial charge in [-0.3, -0.25) is 0 Å². The SMILES string of the molecule is CN(C)C1=NC(C)(C2CCC(NCc3ccc(F)c(F)c3)CC2)NC(N)=C1. The van der Waals surface area contributed by atoms with Gasteiger partial charge < -0.3 is 21.3 Å². The average molecular weight is 377 g/mol. The Labute approximate surface area is 159 Å². The largest absolute Gasteiger partial charge is 0.385 e. The minimum atomic E-state index is -0.807. The summed E-state index contributed by atoms with van der Waals surface area (Å²) >= 11 is 0. The van der Waals surface area contributed by atoms with Crippen molar-refractivity contribution in [2.75, 3.05) is 14.1 Å². The van der Waals surface area contributed by atoms with Crippen molar-refractivity contribution in [3.8, 4) is 0 Å². The number of hydrogen-bond donors (Lipinski definition) is 3. The molecule has 1 atom stereocenters. The zero-order valence-corrected chi connectivity index (χ0v) is 16.2. The van der Waals surface area contributed by atoms with Crippen molar-refractivity contribution < 1.29 is 8.78 Å². The van der Waals surface area contributed by atoms with E-state index < -0.39 is 17.3 Å². The molecule has 27 heavy (non-hydrogen) atoms. The molecule has 4 N–H and O–H groups in total. The molecule has 1 aromatic rings. The quantitative estimate of drug-likeness (QED) is 0.755. The van der Waals surface area contributed by atoms with Gasteiger partial charge in [0.05, 0.1) is 0 Å². The van der Waals surface area contributed by atoms with Crippen LogP contribution in [0.3, 0.4) is 0 Å². The molecule has 0 saturated heterocycles. The Morgan fingerprint density at radius 3 is 2.56 bits per heavy atom. The van der Waals surface area contributed by atoms with Crippen LogP contribution >= 0.6 is 0 Å². The number of nitrogens with zero attached hydrogens (tertiary/aromatic N) is 2. The molecule has 1 fully saturated rings. The summed E-state index contributed by atoms with van der Waals surface area (Å²) in [6.45, 7) is 2.65. The van der Waals surface area contributed by atoms with Crippen molar-refractivity contribution in [2.45, 2.75) is 50.9 Å². The standard InChI is InChI=1S/C20H29F2N5/c1-20(25-18(23)11-19(26-20)27(2)3)14-5-7-15(8-6-14)24-12-13-4-9-16(21)17(22)10-13/h4,9-11,14-15,24-25H,5-8,12,23H2,1-3H3. The second-order valence-electron chi connectivity index (χ2n) is 7.91. The van der Waals surface area contributed by atoms with Crippen molar-refractivity contribution in [3.63, 3.8) is 0 Å². The van der Waals surface area contributed by atoms with E-state index in [2.05, 4.69) is 17.6 Å². The predicted octanol–water partition coefficient (Wildman–Crippen LogP) is 2.69. The number of nitrogens with two attached hydrogens (primary N) is 1. The van der Waals surface area contributed by atoms with Gasteiger partial charge in [-0.1, -0.05) is 6.07 Å². The molecule has 1 heterocycles. The smallest absolute Gasteiger partial charge is 0.159 e. The summed E-state index contributed by atoms with van der Waals surface area (Å²) in [4.78, 5) is 6.87. The first kappa shape index (κ1) is 19.6. The third kappa shape index (κ3) is 4.58. The van der Waals surface area contributed by atoms with Gasteiger partial charge in [0.15, 0.2) is 11.6 Å². The second kappa shape index (κ2) is 7.84. The molecule has 7 heteroatoms. The molecular weight excluding hydrogens is 348 g/mol. The lowest BCUT2D eigenvalue weighted by molar-refractivity contribution is 0.173. The number of halogens is 2. The van der Waals surface area contributed by atoms with Crippen LogP contribution < -0.4 is 16.4 Å². The van der Waals surface area contributed by atoms with E-state index in [1.165, 1.54) is 12.1 Å². The van der Waals surface area contributed by atoms with Crippen LogP contribution in [0.25, 0.3) is 0 Å². The minimum absolute atomic E-state index is 0.367. The van der Waals surface area contributed by atoms with Gasteiger partial charge >= 0.3 is 0 Å². The minimum Gasteiger partial charge on any atom is -0.385 e. The molecule has 1 unspecified atom stereocenters. The molecule has 1 aromatic carbocycles. The van der Waals surface area contributed by atoms with Crippen molar-refractivity contribution in [2.24, 2.45) is 16.6 Å². The van der Waals surface area contributed by atoms with Crippen LogP contribution in [0.4, 0.5) is 8.78 Å².